The molecule has 1 aliphatic heterocycles. The van der Waals surface area contributed by atoms with Crippen molar-refractivity contribution in [2.45, 2.75) is 39.4 Å². The van der Waals surface area contributed by atoms with Crippen LogP contribution >= 0.6 is 0 Å². The standard InChI is InChI=1S/C24H26F2N6O2/c1-15-21(29-16(2)33)7-4-8-22(15)30-23-27-14-28-24(31-23)32-11-9-17(10-12-32)34-13-18-19(25)5-3-6-20(18)26/h3-8,14,17H,9-13H2,1-2H3,(H,29,33)(H,27,28,30,31). The van der Waals surface area contributed by atoms with Gasteiger partial charge in [-0.3, -0.25) is 4.79 Å². The topological polar surface area (TPSA) is 92.3 Å². The smallest absolute Gasteiger partial charge is 0.232 e. The predicted molar refractivity (Wildman–Crippen MR) is 125 cm³/mol. The number of nitrogens with zero attached hydrogens (tertiary/aromatic N) is 4. The molecule has 34 heavy (non-hydrogen) atoms. The molecule has 0 bridgehead atoms. The van der Waals surface area contributed by atoms with E-state index in [1.165, 1.54) is 31.5 Å². The number of carbonyl (C=O) groups excluding carboxylic acids is 1. The lowest BCUT2D eigenvalue weighted by Gasteiger charge is -2.32. The molecule has 1 aromatic heterocycles. The number of piperidine rings is 1. The fourth-order valence-corrected chi connectivity index (χ4v) is 3.81. The van der Waals surface area contributed by atoms with Gasteiger partial charge in [-0.25, -0.2) is 18.7 Å². The van der Waals surface area contributed by atoms with Gasteiger partial charge in [0.15, 0.2) is 0 Å². The van der Waals surface area contributed by atoms with Gasteiger partial charge in [0.05, 0.1) is 12.7 Å². The third kappa shape index (κ3) is 5.63. The molecule has 2 N–H and O–H groups in total. The maximum absolute atomic E-state index is 13.8. The molecule has 1 amide bonds. The number of carbonyl (C=O) groups is 1. The van der Waals surface area contributed by atoms with Crippen molar-refractivity contribution in [3.05, 3.63) is 65.5 Å². The lowest BCUT2D eigenvalue weighted by Crippen LogP contribution is -2.38. The lowest BCUT2D eigenvalue weighted by atomic mass is 10.1. The predicted octanol–water partition coefficient (Wildman–Crippen LogP) is 4.35. The van der Waals surface area contributed by atoms with Crippen LogP contribution in [0.4, 0.5) is 32.1 Å². The number of ether oxygens (including phenoxy) is 1. The van der Waals surface area contributed by atoms with Gasteiger partial charge in [0.1, 0.15) is 18.0 Å². The second-order valence-corrected chi connectivity index (χ2v) is 8.09. The van der Waals surface area contributed by atoms with E-state index < -0.39 is 11.6 Å². The van der Waals surface area contributed by atoms with E-state index in [0.717, 1.165) is 11.3 Å². The van der Waals surface area contributed by atoms with E-state index in [1.54, 1.807) is 0 Å². The number of rotatable bonds is 7. The van der Waals surface area contributed by atoms with Crippen molar-refractivity contribution in [1.29, 1.82) is 0 Å². The molecule has 4 rings (SSSR count). The molecule has 1 aliphatic rings. The van der Waals surface area contributed by atoms with Gasteiger partial charge in [-0.15, -0.1) is 0 Å². The summed E-state index contributed by atoms with van der Waals surface area (Å²) in [5.41, 5.74) is 2.31. The molecule has 178 valence electrons. The summed E-state index contributed by atoms with van der Waals surface area (Å²) in [7, 11) is 0. The Kier molecular flexibility index (Phi) is 7.27. The highest BCUT2D eigenvalue weighted by Crippen LogP contribution is 2.26. The van der Waals surface area contributed by atoms with Crippen molar-refractivity contribution < 1.29 is 18.3 Å². The molecule has 2 heterocycles. The SMILES string of the molecule is CC(=O)Nc1cccc(Nc2ncnc(N3CCC(OCc4c(F)cccc4F)CC3)n2)c1C. The van der Waals surface area contributed by atoms with E-state index in [9.17, 15) is 13.6 Å². The zero-order chi connectivity index (χ0) is 24.1. The second-order valence-electron chi connectivity index (χ2n) is 8.09. The van der Waals surface area contributed by atoms with Crippen molar-refractivity contribution in [3.63, 3.8) is 0 Å². The number of aromatic nitrogens is 3. The minimum atomic E-state index is -0.597. The van der Waals surface area contributed by atoms with Crippen LogP contribution in [0.3, 0.4) is 0 Å². The number of amides is 1. The van der Waals surface area contributed by atoms with Crippen LogP contribution in [-0.4, -0.2) is 40.1 Å². The zero-order valence-corrected chi connectivity index (χ0v) is 19.0. The van der Waals surface area contributed by atoms with Crippen LogP contribution in [0.2, 0.25) is 0 Å². The van der Waals surface area contributed by atoms with Crippen LogP contribution in [0.5, 0.6) is 0 Å². The molecular weight excluding hydrogens is 442 g/mol. The van der Waals surface area contributed by atoms with Crippen LogP contribution in [0, 0.1) is 18.6 Å². The Balaban J connectivity index is 1.36. The highest BCUT2D eigenvalue weighted by molar-refractivity contribution is 5.90. The number of hydrogen-bond donors (Lipinski definition) is 2. The van der Waals surface area contributed by atoms with E-state index >= 15 is 0 Å². The Morgan fingerprint density at radius 1 is 1.09 bits per heavy atom. The summed E-state index contributed by atoms with van der Waals surface area (Å²) in [6.45, 7) is 4.55. The van der Waals surface area contributed by atoms with Gasteiger partial charge in [-0.1, -0.05) is 12.1 Å². The first kappa shape index (κ1) is 23.5. The van der Waals surface area contributed by atoms with Crippen molar-refractivity contribution in [1.82, 2.24) is 15.0 Å². The van der Waals surface area contributed by atoms with E-state index in [0.29, 0.717) is 43.5 Å². The number of anilines is 4. The first-order valence-electron chi connectivity index (χ1n) is 11.0. The van der Waals surface area contributed by atoms with Gasteiger partial charge >= 0.3 is 0 Å². The lowest BCUT2D eigenvalue weighted by molar-refractivity contribution is -0.114. The first-order valence-corrected chi connectivity index (χ1v) is 11.0. The largest absolute Gasteiger partial charge is 0.373 e. The summed E-state index contributed by atoms with van der Waals surface area (Å²) in [5, 5.41) is 5.99. The van der Waals surface area contributed by atoms with Gasteiger partial charge in [-0.2, -0.15) is 4.98 Å². The summed E-state index contributed by atoms with van der Waals surface area (Å²) in [6, 6.07) is 9.34. The minimum Gasteiger partial charge on any atom is -0.373 e. The van der Waals surface area contributed by atoms with E-state index in [4.69, 9.17) is 4.74 Å². The molecule has 0 spiro atoms. The molecule has 2 aromatic carbocycles. The molecule has 3 aromatic rings. The number of nitrogens with one attached hydrogen (secondary N) is 2. The Morgan fingerprint density at radius 2 is 1.76 bits per heavy atom. The van der Waals surface area contributed by atoms with Crippen LogP contribution in [-0.2, 0) is 16.1 Å². The van der Waals surface area contributed by atoms with Gasteiger partial charge in [0.2, 0.25) is 17.8 Å². The van der Waals surface area contributed by atoms with Crippen molar-refractivity contribution >= 4 is 29.2 Å². The Bertz CT molecular complexity index is 1150. The van der Waals surface area contributed by atoms with E-state index in [1.807, 2.05) is 30.0 Å². The molecule has 0 unspecified atom stereocenters. The Labute approximate surface area is 196 Å². The fourth-order valence-electron chi connectivity index (χ4n) is 3.81. The van der Waals surface area contributed by atoms with Gasteiger partial charge < -0.3 is 20.3 Å². The quantitative estimate of drug-likeness (QED) is 0.533. The summed E-state index contributed by atoms with van der Waals surface area (Å²) < 4.78 is 33.4. The monoisotopic (exact) mass is 468 g/mol. The zero-order valence-electron chi connectivity index (χ0n) is 19.0. The molecule has 8 nitrogen and oxygen atoms in total. The average molecular weight is 469 g/mol. The van der Waals surface area contributed by atoms with Crippen molar-refractivity contribution in [2.75, 3.05) is 28.6 Å². The van der Waals surface area contributed by atoms with E-state index in [2.05, 4.69) is 25.6 Å². The summed E-state index contributed by atoms with van der Waals surface area (Å²) in [5.74, 6) is -0.414. The van der Waals surface area contributed by atoms with Crippen LogP contribution < -0.4 is 15.5 Å². The summed E-state index contributed by atoms with van der Waals surface area (Å²) in [4.78, 5) is 26.5. The molecule has 0 saturated carbocycles. The van der Waals surface area contributed by atoms with E-state index in [-0.39, 0.29) is 24.2 Å². The molecule has 10 heteroatoms. The van der Waals surface area contributed by atoms with Crippen molar-refractivity contribution in [3.8, 4) is 0 Å². The molecule has 1 fully saturated rings. The summed E-state index contributed by atoms with van der Waals surface area (Å²) >= 11 is 0. The molecule has 1 saturated heterocycles. The molecular formula is C24H26F2N6O2. The molecule has 0 radical (unpaired) electrons. The van der Waals surface area contributed by atoms with Crippen LogP contribution in [0.1, 0.15) is 30.9 Å². The van der Waals surface area contributed by atoms with Crippen molar-refractivity contribution in [2.24, 2.45) is 0 Å². The number of hydrogen-bond acceptors (Lipinski definition) is 7. The third-order valence-corrected chi connectivity index (χ3v) is 5.70. The minimum absolute atomic E-state index is 0.0454. The highest BCUT2D eigenvalue weighted by Gasteiger charge is 2.23. The Hall–Kier alpha value is -3.66. The first-order chi connectivity index (χ1) is 16.4. The Morgan fingerprint density at radius 3 is 2.47 bits per heavy atom. The molecule has 0 aliphatic carbocycles. The normalized spacial score (nSPS) is 14.2. The highest BCUT2D eigenvalue weighted by atomic mass is 19.1. The summed E-state index contributed by atoms with van der Waals surface area (Å²) in [6.07, 6.45) is 2.71. The molecule has 0 atom stereocenters. The van der Waals surface area contributed by atoms with Crippen LogP contribution in [0.15, 0.2) is 42.7 Å². The van der Waals surface area contributed by atoms with Gasteiger partial charge in [-0.05, 0) is 49.6 Å². The number of benzene rings is 2. The van der Waals surface area contributed by atoms with Crippen LogP contribution in [0.25, 0.3) is 0 Å². The number of halogens is 2. The maximum atomic E-state index is 13.8. The second kappa shape index (κ2) is 10.5. The average Bonchev–Trinajstić information content (AvgIpc) is 2.82. The maximum Gasteiger partial charge on any atom is 0.232 e. The van der Waals surface area contributed by atoms with Gasteiger partial charge in [0, 0.05) is 37.0 Å². The third-order valence-electron chi connectivity index (χ3n) is 5.70. The fraction of sp³-hybridized carbons (Fsp3) is 0.333. The van der Waals surface area contributed by atoms with Gasteiger partial charge in [0.25, 0.3) is 0 Å².